The topological polar surface area (TPSA) is 58.9 Å². The molecule has 5 nitrogen and oxygen atoms in total. The minimum absolute atomic E-state index is 0.107. The Balaban J connectivity index is 1.80. The molecule has 1 atom stereocenters. The molecule has 2 aromatic carbocycles. The SMILES string of the molecule is Cc1ccc(C(Sc2ncc[nH]2)c2nc3c(Cl)cccc3c3cc(C)nn23)cc1. The number of fused-ring (bicyclic) bond motifs is 3. The highest BCUT2D eigenvalue weighted by molar-refractivity contribution is 7.99. The predicted octanol–water partition coefficient (Wildman–Crippen LogP) is 5.76. The summed E-state index contributed by atoms with van der Waals surface area (Å²) in [5.74, 6) is 0.818. The summed E-state index contributed by atoms with van der Waals surface area (Å²) in [6, 6.07) is 16.4. The highest BCUT2D eigenvalue weighted by Crippen LogP contribution is 2.40. The number of para-hydroxylation sites is 1. The van der Waals surface area contributed by atoms with Crippen LogP contribution in [0.4, 0.5) is 0 Å². The van der Waals surface area contributed by atoms with Crippen molar-refractivity contribution in [2.24, 2.45) is 0 Å². The van der Waals surface area contributed by atoms with Crippen LogP contribution in [0.3, 0.4) is 0 Å². The van der Waals surface area contributed by atoms with Gasteiger partial charge in [0, 0.05) is 17.8 Å². The molecule has 5 rings (SSSR count). The van der Waals surface area contributed by atoms with E-state index >= 15 is 0 Å². The van der Waals surface area contributed by atoms with Crippen molar-refractivity contribution in [1.82, 2.24) is 24.6 Å². The Morgan fingerprint density at radius 2 is 1.93 bits per heavy atom. The minimum atomic E-state index is -0.107. The lowest BCUT2D eigenvalue weighted by atomic mass is 10.1. The summed E-state index contributed by atoms with van der Waals surface area (Å²) < 4.78 is 1.94. The number of aryl methyl sites for hydroxylation is 2. The number of H-pyrrole nitrogens is 1. The molecule has 0 saturated carbocycles. The Morgan fingerprint density at radius 3 is 2.69 bits per heavy atom. The first-order valence-electron chi connectivity index (χ1n) is 9.27. The van der Waals surface area contributed by atoms with Crippen molar-refractivity contribution in [1.29, 1.82) is 0 Å². The Morgan fingerprint density at radius 1 is 1.10 bits per heavy atom. The molecule has 7 heteroatoms. The van der Waals surface area contributed by atoms with Crippen LogP contribution >= 0.6 is 23.4 Å². The molecule has 0 aliphatic carbocycles. The van der Waals surface area contributed by atoms with E-state index in [1.54, 1.807) is 18.0 Å². The van der Waals surface area contributed by atoms with E-state index in [0.29, 0.717) is 5.02 Å². The molecule has 1 unspecified atom stereocenters. The van der Waals surface area contributed by atoms with Crippen molar-refractivity contribution in [3.8, 4) is 0 Å². The van der Waals surface area contributed by atoms with E-state index in [1.807, 2.05) is 35.8 Å². The van der Waals surface area contributed by atoms with Crippen LogP contribution in [0.15, 0.2) is 66.1 Å². The smallest absolute Gasteiger partial charge is 0.166 e. The first kappa shape index (κ1) is 18.2. The van der Waals surface area contributed by atoms with Crippen molar-refractivity contribution in [3.05, 3.63) is 88.6 Å². The fourth-order valence-corrected chi connectivity index (χ4v) is 4.72. The van der Waals surface area contributed by atoms with E-state index in [-0.39, 0.29) is 5.25 Å². The zero-order chi connectivity index (χ0) is 20.0. The van der Waals surface area contributed by atoms with Crippen LogP contribution in [-0.4, -0.2) is 24.6 Å². The molecule has 0 spiro atoms. The molecule has 0 aliphatic rings. The lowest BCUT2D eigenvalue weighted by Gasteiger charge is -2.18. The van der Waals surface area contributed by atoms with Crippen LogP contribution in [0, 0.1) is 13.8 Å². The van der Waals surface area contributed by atoms with Gasteiger partial charge in [0.25, 0.3) is 0 Å². The largest absolute Gasteiger partial charge is 0.340 e. The number of halogens is 1. The average Bonchev–Trinajstić information content (AvgIpc) is 3.36. The molecule has 29 heavy (non-hydrogen) atoms. The number of aromatic nitrogens is 5. The number of hydrogen-bond donors (Lipinski definition) is 1. The van der Waals surface area contributed by atoms with Gasteiger partial charge in [0.1, 0.15) is 5.82 Å². The Bertz CT molecular complexity index is 1310. The van der Waals surface area contributed by atoms with E-state index < -0.39 is 0 Å². The monoisotopic (exact) mass is 419 g/mol. The maximum absolute atomic E-state index is 6.53. The Kier molecular flexibility index (Phi) is 4.53. The summed E-state index contributed by atoms with van der Waals surface area (Å²) in [6.45, 7) is 4.08. The molecule has 5 aromatic rings. The number of aromatic amines is 1. The molecule has 3 heterocycles. The summed E-state index contributed by atoms with van der Waals surface area (Å²) >= 11 is 8.15. The predicted molar refractivity (Wildman–Crippen MR) is 118 cm³/mol. The molecule has 3 aromatic heterocycles. The second kappa shape index (κ2) is 7.21. The zero-order valence-corrected chi connectivity index (χ0v) is 17.5. The van der Waals surface area contributed by atoms with Gasteiger partial charge in [-0.25, -0.2) is 14.5 Å². The Labute approximate surface area is 177 Å². The molecule has 0 aliphatic heterocycles. The maximum atomic E-state index is 6.53. The minimum Gasteiger partial charge on any atom is -0.340 e. The molecular weight excluding hydrogens is 402 g/mol. The van der Waals surface area contributed by atoms with Crippen LogP contribution < -0.4 is 0 Å². The van der Waals surface area contributed by atoms with E-state index in [1.165, 1.54) is 5.56 Å². The summed E-state index contributed by atoms with van der Waals surface area (Å²) in [6.07, 6.45) is 3.58. The van der Waals surface area contributed by atoms with Crippen molar-refractivity contribution >= 4 is 39.8 Å². The van der Waals surface area contributed by atoms with E-state index in [0.717, 1.165) is 38.7 Å². The number of benzene rings is 2. The quantitative estimate of drug-likeness (QED) is 0.376. The van der Waals surface area contributed by atoms with Crippen LogP contribution in [0.1, 0.15) is 27.9 Å². The van der Waals surface area contributed by atoms with Gasteiger partial charge < -0.3 is 4.98 Å². The van der Waals surface area contributed by atoms with Crippen molar-refractivity contribution in [2.75, 3.05) is 0 Å². The molecule has 1 N–H and O–H groups in total. The van der Waals surface area contributed by atoms with Gasteiger partial charge in [0.2, 0.25) is 0 Å². The van der Waals surface area contributed by atoms with Crippen molar-refractivity contribution in [2.45, 2.75) is 24.3 Å². The molecule has 0 bridgehead atoms. The lowest BCUT2D eigenvalue weighted by molar-refractivity contribution is 0.816. The molecule has 0 fully saturated rings. The highest BCUT2D eigenvalue weighted by Gasteiger charge is 2.24. The van der Waals surface area contributed by atoms with Gasteiger partial charge in [-0.05, 0) is 31.5 Å². The first-order chi connectivity index (χ1) is 14.1. The van der Waals surface area contributed by atoms with Gasteiger partial charge in [-0.1, -0.05) is 65.3 Å². The summed E-state index contributed by atoms with van der Waals surface area (Å²) in [4.78, 5) is 12.6. The van der Waals surface area contributed by atoms with Crippen LogP contribution in [0.5, 0.6) is 0 Å². The summed E-state index contributed by atoms with van der Waals surface area (Å²) in [5, 5.41) is 7.10. The number of thioether (sulfide) groups is 1. The third-order valence-electron chi connectivity index (χ3n) is 4.85. The normalized spacial score (nSPS) is 12.7. The van der Waals surface area contributed by atoms with Crippen LogP contribution in [0.25, 0.3) is 16.4 Å². The van der Waals surface area contributed by atoms with Gasteiger partial charge in [-0.2, -0.15) is 5.10 Å². The maximum Gasteiger partial charge on any atom is 0.166 e. The van der Waals surface area contributed by atoms with Gasteiger partial charge in [0.15, 0.2) is 5.16 Å². The fraction of sp³-hybridized carbons (Fsp3) is 0.136. The molecule has 144 valence electrons. The summed E-state index contributed by atoms with van der Waals surface area (Å²) in [5.41, 5.74) is 5.07. The standard InChI is InChI=1S/C22H18ClN5S/c1-13-6-8-15(9-7-13)20(29-22-24-10-11-25-22)21-26-19-16(4-3-5-17(19)23)18-12-14(2)27-28(18)21/h3-12,20H,1-2H3,(H,24,25). The number of imidazole rings is 1. The van der Waals surface area contributed by atoms with Crippen LogP contribution in [-0.2, 0) is 0 Å². The van der Waals surface area contributed by atoms with Gasteiger partial charge in [-0.3, -0.25) is 0 Å². The van der Waals surface area contributed by atoms with Gasteiger partial charge in [-0.15, -0.1) is 0 Å². The number of hydrogen-bond acceptors (Lipinski definition) is 4. The number of nitrogens with one attached hydrogen (secondary N) is 1. The molecule has 0 radical (unpaired) electrons. The van der Waals surface area contributed by atoms with E-state index in [4.69, 9.17) is 21.7 Å². The Hall–Kier alpha value is -2.83. The van der Waals surface area contributed by atoms with E-state index in [2.05, 4.69) is 47.2 Å². The second-order valence-electron chi connectivity index (χ2n) is 6.99. The number of nitrogens with zero attached hydrogens (tertiary/aromatic N) is 4. The van der Waals surface area contributed by atoms with Crippen molar-refractivity contribution in [3.63, 3.8) is 0 Å². The molecule has 0 amide bonds. The zero-order valence-electron chi connectivity index (χ0n) is 15.9. The van der Waals surface area contributed by atoms with Gasteiger partial charge in [0.05, 0.1) is 27.0 Å². The van der Waals surface area contributed by atoms with Gasteiger partial charge >= 0.3 is 0 Å². The fourth-order valence-electron chi connectivity index (χ4n) is 3.47. The highest BCUT2D eigenvalue weighted by atomic mass is 35.5. The third-order valence-corrected chi connectivity index (χ3v) is 6.33. The molecular formula is C22H18ClN5S. The third kappa shape index (κ3) is 3.28. The van der Waals surface area contributed by atoms with Crippen molar-refractivity contribution < 1.29 is 0 Å². The molecule has 0 saturated heterocycles. The summed E-state index contributed by atoms with van der Waals surface area (Å²) in [7, 11) is 0. The average molecular weight is 420 g/mol. The first-order valence-corrected chi connectivity index (χ1v) is 10.5. The second-order valence-corrected chi connectivity index (χ2v) is 8.49. The lowest BCUT2D eigenvalue weighted by Crippen LogP contribution is -2.09. The number of rotatable bonds is 4. The van der Waals surface area contributed by atoms with E-state index in [9.17, 15) is 0 Å². The van der Waals surface area contributed by atoms with Crippen LogP contribution in [0.2, 0.25) is 5.02 Å².